The molecule has 4 N–H and O–H groups in total. The predicted molar refractivity (Wildman–Crippen MR) is 107 cm³/mol. The Morgan fingerprint density at radius 1 is 1.38 bits per heavy atom. The molecule has 0 saturated carbocycles. The van der Waals surface area contributed by atoms with E-state index in [-0.39, 0.29) is 6.04 Å². The Morgan fingerprint density at radius 3 is 3.00 bits per heavy atom. The molecule has 1 aliphatic heterocycles. The first-order valence-corrected chi connectivity index (χ1v) is 9.87. The Balaban J connectivity index is 1.54. The van der Waals surface area contributed by atoms with Gasteiger partial charge in [0.15, 0.2) is 5.96 Å². The van der Waals surface area contributed by atoms with Crippen molar-refractivity contribution in [2.45, 2.75) is 25.6 Å². The second-order valence-electron chi connectivity index (χ2n) is 6.03. The van der Waals surface area contributed by atoms with Gasteiger partial charge in [0.05, 0.1) is 5.69 Å². The standard InChI is InChI=1S/C18H22ClN5OS/c1-11-8-13(24-25-11)10-26-7-6-21-17-9-16(22-18(20)23-17)14-4-3-5-15(19)12(14)2/h3-5,8-9,16,21H,6-7,10H2,1-2H3,(H3,20,22,23). The van der Waals surface area contributed by atoms with Gasteiger partial charge in [0.25, 0.3) is 0 Å². The maximum Gasteiger partial charge on any atom is 0.195 e. The fourth-order valence-corrected chi connectivity index (χ4v) is 3.60. The second-order valence-corrected chi connectivity index (χ2v) is 7.54. The molecule has 8 heteroatoms. The molecular weight excluding hydrogens is 370 g/mol. The van der Waals surface area contributed by atoms with E-state index in [9.17, 15) is 0 Å². The van der Waals surface area contributed by atoms with E-state index in [0.29, 0.717) is 5.96 Å². The summed E-state index contributed by atoms with van der Waals surface area (Å²) < 4.78 is 5.07. The minimum atomic E-state index is -0.150. The van der Waals surface area contributed by atoms with Gasteiger partial charge in [-0.15, -0.1) is 0 Å². The Hall–Kier alpha value is -2.12. The van der Waals surface area contributed by atoms with Crippen molar-refractivity contribution in [3.63, 3.8) is 0 Å². The smallest absolute Gasteiger partial charge is 0.195 e. The molecule has 1 aromatic heterocycles. The molecule has 1 unspecified atom stereocenters. The largest absolute Gasteiger partial charge is 0.371 e. The number of nitrogens with one attached hydrogen (secondary N) is 2. The van der Waals surface area contributed by atoms with Crippen LogP contribution >= 0.6 is 23.4 Å². The van der Waals surface area contributed by atoms with E-state index >= 15 is 0 Å². The van der Waals surface area contributed by atoms with Crippen LogP contribution in [0.25, 0.3) is 0 Å². The normalized spacial score (nSPS) is 16.7. The molecule has 0 fully saturated rings. The van der Waals surface area contributed by atoms with E-state index < -0.39 is 0 Å². The van der Waals surface area contributed by atoms with Crippen molar-refractivity contribution in [1.82, 2.24) is 15.8 Å². The van der Waals surface area contributed by atoms with Crippen molar-refractivity contribution in [2.24, 2.45) is 10.7 Å². The van der Waals surface area contributed by atoms with Crippen LogP contribution in [0.2, 0.25) is 5.02 Å². The number of thioether (sulfide) groups is 1. The molecule has 138 valence electrons. The lowest BCUT2D eigenvalue weighted by atomic mass is 10.0. The number of aromatic nitrogens is 1. The van der Waals surface area contributed by atoms with Crippen molar-refractivity contribution in [1.29, 1.82) is 0 Å². The number of hydrogen-bond acceptors (Lipinski definition) is 7. The molecule has 0 spiro atoms. The first kappa shape index (κ1) is 18.7. The van der Waals surface area contributed by atoms with Crippen LogP contribution < -0.4 is 16.4 Å². The van der Waals surface area contributed by atoms with Crippen LogP contribution in [-0.2, 0) is 5.75 Å². The fraction of sp³-hybridized carbons (Fsp3) is 0.333. The number of aliphatic imine (C=N–C) groups is 1. The van der Waals surface area contributed by atoms with Gasteiger partial charge in [0, 0.05) is 29.1 Å². The van der Waals surface area contributed by atoms with Crippen LogP contribution in [0.4, 0.5) is 0 Å². The van der Waals surface area contributed by atoms with Crippen LogP contribution in [0.15, 0.2) is 45.7 Å². The highest BCUT2D eigenvalue weighted by atomic mass is 35.5. The Morgan fingerprint density at radius 2 is 2.23 bits per heavy atom. The lowest BCUT2D eigenvalue weighted by molar-refractivity contribution is 0.393. The third-order valence-electron chi connectivity index (χ3n) is 3.98. The molecule has 1 aliphatic rings. The van der Waals surface area contributed by atoms with Crippen molar-refractivity contribution >= 4 is 29.3 Å². The summed E-state index contributed by atoms with van der Waals surface area (Å²) in [5.41, 5.74) is 8.99. The monoisotopic (exact) mass is 391 g/mol. The minimum Gasteiger partial charge on any atom is -0.371 e. The second kappa shape index (κ2) is 8.51. The highest BCUT2D eigenvalue weighted by Crippen LogP contribution is 2.29. The zero-order valence-corrected chi connectivity index (χ0v) is 16.3. The van der Waals surface area contributed by atoms with E-state index in [1.54, 1.807) is 11.8 Å². The third-order valence-corrected chi connectivity index (χ3v) is 5.38. The van der Waals surface area contributed by atoms with Gasteiger partial charge in [-0.1, -0.05) is 28.9 Å². The molecule has 0 bridgehead atoms. The minimum absolute atomic E-state index is 0.150. The molecule has 0 amide bonds. The van der Waals surface area contributed by atoms with E-state index in [4.69, 9.17) is 21.9 Å². The molecule has 6 nitrogen and oxygen atoms in total. The quantitative estimate of drug-likeness (QED) is 0.628. The van der Waals surface area contributed by atoms with E-state index in [2.05, 4.69) is 20.8 Å². The van der Waals surface area contributed by atoms with Gasteiger partial charge in [0.1, 0.15) is 17.6 Å². The van der Waals surface area contributed by atoms with Crippen LogP contribution in [0.3, 0.4) is 0 Å². The molecule has 3 rings (SSSR count). The van der Waals surface area contributed by atoms with E-state index in [0.717, 1.165) is 51.5 Å². The average molecular weight is 392 g/mol. The summed E-state index contributed by atoms with van der Waals surface area (Å²) in [4.78, 5) is 4.48. The average Bonchev–Trinajstić information content (AvgIpc) is 3.02. The summed E-state index contributed by atoms with van der Waals surface area (Å²) in [6.07, 6.45) is 2.03. The summed E-state index contributed by atoms with van der Waals surface area (Å²) in [6.45, 7) is 4.69. The molecule has 26 heavy (non-hydrogen) atoms. The number of guanidine groups is 1. The fourth-order valence-electron chi connectivity index (χ4n) is 2.68. The maximum absolute atomic E-state index is 6.23. The van der Waals surface area contributed by atoms with Crippen molar-refractivity contribution in [3.05, 3.63) is 63.8 Å². The van der Waals surface area contributed by atoms with Gasteiger partial charge < -0.3 is 20.9 Å². The summed E-state index contributed by atoms with van der Waals surface area (Å²) in [6, 6.07) is 7.65. The summed E-state index contributed by atoms with van der Waals surface area (Å²) >= 11 is 8.02. The number of halogens is 1. The number of nitrogens with zero attached hydrogens (tertiary/aromatic N) is 2. The number of benzene rings is 1. The third kappa shape index (κ3) is 4.74. The van der Waals surface area contributed by atoms with Gasteiger partial charge in [-0.05, 0) is 37.1 Å². The molecule has 2 heterocycles. The Labute approximate surface area is 162 Å². The topological polar surface area (TPSA) is 88.5 Å². The molecule has 0 aliphatic carbocycles. The SMILES string of the molecule is Cc1cc(CSCCNC2=CC(c3cccc(Cl)c3C)N=C(N)N2)no1. The number of hydrogen-bond donors (Lipinski definition) is 3. The lowest BCUT2D eigenvalue weighted by Crippen LogP contribution is -2.40. The van der Waals surface area contributed by atoms with Gasteiger partial charge in [-0.25, -0.2) is 4.99 Å². The maximum atomic E-state index is 6.23. The van der Waals surface area contributed by atoms with Gasteiger partial charge in [0.2, 0.25) is 0 Å². The van der Waals surface area contributed by atoms with Gasteiger partial charge in [-0.2, -0.15) is 11.8 Å². The molecule has 1 aromatic carbocycles. The molecule has 0 saturated heterocycles. The van der Waals surface area contributed by atoms with Gasteiger partial charge in [-0.3, -0.25) is 0 Å². The van der Waals surface area contributed by atoms with E-state index in [1.165, 1.54) is 0 Å². The van der Waals surface area contributed by atoms with Crippen LogP contribution in [0.5, 0.6) is 0 Å². The predicted octanol–water partition coefficient (Wildman–Crippen LogP) is 3.27. The number of aryl methyl sites for hydroxylation is 1. The lowest BCUT2D eigenvalue weighted by Gasteiger charge is -2.22. The highest BCUT2D eigenvalue weighted by molar-refractivity contribution is 7.98. The zero-order chi connectivity index (χ0) is 18.5. The van der Waals surface area contributed by atoms with Gasteiger partial charge >= 0.3 is 0 Å². The first-order valence-electron chi connectivity index (χ1n) is 8.34. The zero-order valence-electron chi connectivity index (χ0n) is 14.8. The van der Waals surface area contributed by atoms with Crippen LogP contribution in [0.1, 0.15) is 28.6 Å². The molecule has 2 aromatic rings. The number of nitrogens with two attached hydrogens (primary N) is 1. The van der Waals surface area contributed by atoms with Crippen LogP contribution in [-0.4, -0.2) is 23.4 Å². The Kier molecular flexibility index (Phi) is 6.11. The Bertz CT molecular complexity index is 833. The van der Waals surface area contributed by atoms with Crippen LogP contribution in [0, 0.1) is 13.8 Å². The first-order chi connectivity index (χ1) is 12.5. The summed E-state index contributed by atoms with van der Waals surface area (Å²) in [5, 5.41) is 11.2. The molecule has 0 radical (unpaired) electrons. The van der Waals surface area contributed by atoms with Crippen molar-refractivity contribution in [3.8, 4) is 0 Å². The number of rotatable bonds is 7. The highest BCUT2D eigenvalue weighted by Gasteiger charge is 2.17. The van der Waals surface area contributed by atoms with Crippen molar-refractivity contribution in [2.75, 3.05) is 12.3 Å². The summed E-state index contributed by atoms with van der Waals surface area (Å²) in [7, 11) is 0. The molecule has 1 atom stereocenters. The van der Waals surface area contributed by atoms with Crippen molar-refractivity contribution < 1.29 is 4.52 Å². The molecular formula is C18H22ClN5OS. The summed E-state index contributed by atoms with van der Waals surface area (Å²) in [5.74, 6) is 3.86. The van der Waals surface area contributed by atoms with E-state index in [1.807, 2.05) is 44.2 Å².